The first-order chi connectivity index (χ1) is 43.0. The lowest BCUT2D eigenvalue weighted by Gasteiger charge is -2.11. The normalized spacial score (nSPS) is 11.0. The van der Waals surface area contributed by atoms with Crippen LogP contribution in [-0.2, 0) is 13.1 Å². The number of fused-ring (bicyclic) bond motifs is 3. The van der Waals surface area contributed by atoms with Crippen LogP contribution >= 0.6 is 0 Å². The van der Waals surface area contributed by atoms with Crippen molar-refractivity contribution < 1.29 is 48.7 Å². The molecule has 0 aliphatic carbocycles. The summed E-state index contributed by atoms with van der Waals surface area (Å²) >= 11 is 0. The maximum absolute atomic E-state index is 14.8. The van der Waals surface area contributed by atoms with Gasteiger partial charge in [-0.1, -0.05) is 24.3 Å². The van der Waals surface area contributed by atoms with Gasteiger partial charge in [-0.2, -0.15) is 10.2 Å². The molecular weight excluding hydrogens is 1170 g/mol. The highest BCUT2D eigenvalue weighted by Crippen LogP contribution is 2.32. The second kappa shape index (κ2) is 25.4. The van der Waals surface area contributed by atoms with Gasteiger partial charge in [0.25, 0.3) is 0 Å². The van der Waals surface area contributed by atoms with Gasteiger partial charge in [-0.25, -0.2) is 53.1 Å². The average Bonchev–Trinajstić information content (AvgIpc) is 1.02. The molecule has 16 nitrogen and oxygen atoms in total. The van der Waals surface area contributed by atoms with E-state index in [1.807, 2.05) is 12.1 Å². The van der Waals surface area contributed by atoms with E-state index in [2.05, 4.69) is 41.1 Å². The van der Waals surface area contributed by atoms with Crippen LogP contribution < -0.4 is 31.7 Å². The number of benzene rings is 5. The summed E-state index contributed by atoms with van der Waals surface area (Å²) in [5.74, 6) is -5.77. The number of anilines is 2. The molecule has 444 valence electrons. The largest absolute Gasteiger partial charge is 0.434 e. The zero-order chi connectivity index (χ0) is 62.5. The number of rotatable bonds is 12. The Balaban J connectivity index is 0.000000138. The van der Waals surface area contributed by atoms with E-state index in [0.29, 0.717) is 41.2 Å². The number of aryl methyl sites for hydroxylation is 1. The third-order valence-corrected chi connectivity index (χ3v) is 13.4. The van der Waals surface area contributed by atoms with E-state index in [0.717, 1.165) is 60.2 Å². The molecule has 13 aromatic rings. The molecule has 8 aromatic heterocycles. The molecule has 0 fully saturated rings. The number of pyridine rings is 4. The van der Waals surface area contributed by atoms with Crippen LogP contribution in [0.5, 0.6) is 11.6 Å². The average molecular weight is 1210 g/mol. The molecule has 0 saturated carbocycles. The van der Waals surface area contributed by atoms with Crippen molar-refractivity contribution in [1.82, 2.24) is 44.0 Å². The number of nitrogens with zero attached hydrogens (tertiary/aromatic N) is 9. The Labute approximate surface area is 495 Å². The predicted molar refractivity (Wildman–Crippen MR) is 310 cm³/mol. The second-order valence-corrected chi connectivity index (χ2v) is 19.3. The molecule has 0 aliphatic heterocycles. The number of hydrogen-bond acceptors (Lipinski definition) is 13. The Morgan fingerprint density at radius 2 is 1.01 bits per heavy atom. The van der Waals surface area contributed by atoms with Gasteiger partial charge in [-0.05, 0) is 103 Å². The van der Waals surface area contributed by atoms with Crippen LogP contribution in [0.2, 0.25) is 0 Å². The van der Waals surface area contributed by atoms with Crippen molar-refractivity contribution in [2.75, 3.05) is 10.6 Å². The van der Waals surface area contributed by atoms with Crippen molar-refractivity contribution in [3.05, 3.63) is 289 Å². The van der Waals surface area contributed by atoms with Gasteiger partial charge >= 0.3 is 0 Å². The van der Waals surface area contributed by atoms with Crippen molar-refractivity contribution in [3.8, 4) is 56.5 Å². The van der Waals surface area contributed by atoms with Crippen LogP contribution in [0.4, 0.5) is 51.1 Å². The quantitative estimate of drug-likeness (QED) is 0.110. The summed E-state index contributed by atoms with van der Waals surface area (Å²) in [4.78, 5) is 41.4. The predicted octanol–water partition coefficient (Wildman–Crippen LogP) is 13.1. The van der Waals surface area contributed by atoms with Gasteiger partial charge in [0, 0.05) is 104 Å². The number of halogens is 9. The summed E-state index contributed by atoms with van der Waals surface area (Å²) < 4.78 is 140. The summed E-state index contributed by atoms with van der Waals surface area (Å²) in [7, 11) is 0. The molecule has 25 heteroatoms. The first-order valence-corrected chi connectivity index (χ1v) is 26.5. The molecule has 0 unspecified atom stereocenters. The number of hydrogen-bond donors (Lipinski definition) is 2. The number of aromatic nitrogens is 9. The maximum atomic E-state index is 14.8. The van der Waals surface area contributed by atoms with Gasteiger partial charge in [-0.3, -0.25) is 19.4 Å². The van der Waals surface area contributed by atoms with E-state index >= 15 is 0 Å². The standard InChI is InChI=1S/C23H13F3N4O3.C21H13F4N3O.C20H14F2N4O/c1-12-27-28-23(32-12)13-2-4-16(25)15(10-13)22-18-5-7-21(29-30(18)9-8-19(22)31)33-20-6-3-14(24)11-17(20)26;22-13-5-4-12(16(25)10-13)11-26-19-7-6-17-21(18(29)8-9-28(17)27-19)20-14(23)2-1-3-15(20)24;21-14-4-1-5-15(22)19(14)20-16-6-7-18(25-26(16)10-8-17(20)27)24-12-13-3-2-9-23-11-13/h2-11H,1H3;1-10H,11H2,(H,26,27);1-11H,12H2,(H,24,25). The van der Waals surface area contributed by atoms with Crippen LogP contribution in [0, 0.1) is 59.3 Å². The van der Waals surface area contributed by atoms with Crippen LogP contribution in [0.15, 0.2) is 208 Å². The molecule has 0 radical (unpaired) electrons. The molecule has 0 saturated heterocycles. The van der Waals surface area contributed by atoms with Crippen molar-refractivity contribution >= 4 is 28.2 Å². The van der Waals surface area contributed by atoms with E-state index in [9.17, 15) is 53.9 Å². The van der Waals surface area contributed by atoms with Crippen molar-refractivity contribution in [3.63, 3.8) is 0 Å². The minimum absolute atomic E-state index is 0.0156. The SMILES string of the molecule is Cc1nnc(-c2ccc(F)c(-c3c(=O)ccn4nc(Oc5ccc(F)cc5F)ccc34)c2)o1.O=c1ccn2nc(NCc3ccc(F)cc3F)ccc2c1-c1c(F)cccc1F.O=c1ccn2nc(NCc3cccnc3)ccc2c1-c1c(F)cccc1F. The molecule has 5 aromatic carbocycles. The van der Waals surface area contributed by atoms with Gasteiger partial charge in [0.2, 0.25) is 17.7 Å². The van der Waals surface area contributed by atoms with Gasteiger partial charge in [0.05, 0.1) is 44.4 Å². The summed E-state index contributed by atoms with van der Waals surface area (Å²) in [6, 6.07) is 33.6. The zero-order valence-electron chi connectivity index (χ0n) is 45.8. The van der Waals surface area contributed by atoms with Gasteiger partial charge in [0.15, 0.2) is 27.9 Å². The van der Waals surface area contributed by atoms with Gasteiger partial charge < -0.3 is 19.8 Å². The van der Waals surface area contributed by atoms with Crippen LogP contribution in [0.3, 0.4) is 0 Å². The van der Waals surface area contributed by atoms with Crippen LogP contribution in [-0.4, -0.2) is 44.0 Å². The van der Waals surface area contributed by atoms with E-state index in [-0.39, 0.29) is 68.5 Å². The third kappa shape index (κ3) is 12.9. The van der Waals surface area contributed by atoms with E-state index in [4.69, 9.17) is 9.15 Å². The smallest absolute Gasteiger partial charge is 0.247 e. The molecule has 0 spiro atoms. The van der Waals surface area contributed by atoms with Crippen molar-refractivity contribution in [1.29, 1.82) is 0 Å². The lowest BCUT2D eigenvalue weighted by Crippen LogP contribution is -2.12. The first-order valence-electron chi connectivity index (χ1n) is 26.5. The molecule has 2 N–H and O–H groups in total. The Morgan fingerprint density at radius 3 is 1.56 bits per heavy atom. The molecular formula is C64H40F9N11O5. The monoisotopic (exact) mass is 1210 g/mol. The Hall–Kier alpha value is -11.8. The van der Waals surface area contributed by atoms with Crippen LogP contribution in [0.1, 0.15) is 17.0 Å². The summed E-state index contributed by atoms with van der Waals surface area (Å²) in [5.41, 5.74) is 0.103. The lowest BCUT2D eigenvalue weighted by molar-refractivity contribution is 0.416. The van der Waals surface area contributed by atoms with Gasteiger partial charge in [-0.15, -0.1) is 15.3 Å². The minimum atomic E-state index is -0.896. The summed E-state index contributed by atoms with van der Waals surface area (Å²) in [6.45, 7) is 2.18. The summed E-state index contributed by atoms with van der Waals surface area (Å²) in [5, 5.41) is 26.6. The van der Waals surface area contributed by atoms with Gasteiger partial charge in [0.1, 0.15) is 58.2 Å². The Kier molecular flexibility index (Phi) is 16.9. The number of nitrogens with one attached hydrogen (secondary N) is 2. The maximum Gasteiger partial charge on any atom is 0.247 e. The lowest BCUT2D eigenvalue weighted by atomic mass is 10.0. The highest BCUT2D eigenvalue weighted by atomic mass is 19.2. The van der Waals surface area contributed by atoms with E-state index in [1.54, 1.807) is 31.5 Å². The highest BCUT2D eigenvalue weighted by Gasteiger charge is 2.21. The Morgan fingerprint density at radius 1 is 0.472 bits per heavy atom. The molecule has 13 rings (SSSR count). The minimum Gasteiger partial charge on any atom is -0.434 e. The second-order valence-electron chi connectivity index (χ2n) is 19.3. The van der Waals surface area contributed by atoms with Crippen LogP contribution in [0.25, 0.3) is 61.4 Å². The summed E-state index contributed by atoms with van der Waals surface area (Å²) in [6.07, 6.45) is 7.64. The molecule has 0 aliphatic rings. The first kappa shape index (κ1) is 59.0. The highest BCUT2D eigenvalue weighted by molar-refractivity contribution is 5.83. The Bertz CT molecular complexity index is 4990. The third-order valence-electron chi connectivity index (χ3n) is 13.4. The van der Waals surface area contributed by atoms with Crippen molar-refractivity contribution in [2.45, 2.75) is 20.0 Å². The molecule has 89 heavy (non-hydrogen) atoms. The number of ether oxygens (including phenoxy) is 1. The fraction of sp³-hybridized carbons (Fsp3) is 0.0469. The fourth-order valence-electron chi connectivity index (χ4n) is 9.24. The molecule has 8 heterocycles. The van der Waals surface area contributed by atoms with E-state index < -0.39 is 74.2 Å². The fourth-order valence-corrected chi connectivity index (χ4v) is 9.24. The van der Waals surface area contributed by atoms with E-state index in [1.165, 1.54) is 105 Å². The zero-order valence-corrected chi connectivity index (χ0v) is 45.8. The topological polar surface area (TPSA) is 188 Å². The van der Waals surface area contributed by atoms with Crippen molar-refractivity contribution in [2.24, 2.45) is 0 Å². The molecule has 0 atom stereocenters. The molecule has 0 amide bonds. The molecule has 0 bridgehead atoms.